The van der Waals surface area contributed by atoms with E-state index in [1.54, 1.807) is 6.08 Å². The van der Waals surface area contributed by atoms with Gasteiger partial charge in [0.2, 0.25) is 0 Å². The molecule has 0 heterocycles. The lowest BCUT2D eigenvalue weighted by Crippen LogP contribution is -2.02. The molecule has 0 saturated carbocycles. The Bertz CT molecular complexity index is 241. The number of halogens is 1. The number of hydrogen-bond acceptors (Lipinski definition) is 2. The van der Waals surface area contributed by atoms with E-state index in [2.05, 4.69) is 27.7 Å². The molecule has 0 aliphatic carbocycles. The molecule has 0 atom stereocenters. The van der Waals surface area contributed by atoms with Crippen LogP contribution in [0.1, 0.15) is 6.92 Å². The number of nitrogens with zero attached hydrogens (tertiary/aromatic N) is 1. The fourth-order valence-corrected chi connectivity index (χ4v) is 1.17. The number of allylic oxidation sites excluding steroid dienone is 5. The summed E-state index contributed by atoms with van der Waals surface area (Å²) in [6.07, 6.45) is 7.57. The van der Waals surface area contributed by atoms with Crippen LogP contribution in [-0.4, -0.2) is 18.2 Å². The van der Waals surface area contributed by atoms with Gasteiger partial charge >= 0.3 is 0 Å². The highest BCUT2D eigenvalue weighted by Gasteiger charge is 2.00. The van der Waals surface area contributed by atoms with Gasteiger partial charge in [0.05, 0.1) is 5.71 Å². The molecule has 0 bridgehead atoms. The fourth-order valence-electron chi connectivity index (χ4n) is 0.746. The van der Waals surface area contributed by atoms with E-state index >= 15 is 0 Å². The second kappa shape index (κ2) is 7.80. The highest BCUT2D eigenvalue weighted by atomic mass is 79.9. The summed E-state index contributed by atoms with van der Waals surface area (Å²) in [7, 11) is 1.53. The minimum absolute atomic E-state index is 0.649. The quantitative estimate of drug-likeness (QED) is 0.315. The van der Waals surface area contributed by atoms with Gasteiger partial charge in [-0.3, -0.25) is 0 Å². The molecule has 0 aromatic carbocycles. The molecule has 0 aromatic rings. The molecule has 72 valence electrons. The normalized spacial score (nSPS) is 13.5. The molecule has 0 aromatic heterocycles. The minimum atomic E-state index is 0.649. The van der Waals surface area contributed by atoms with Crippen LogP contribution >= 0.6 is 15.9 Å². The van der Waals surface area contributed by atoms with E-state index in [1.165, 1.54) is 7.11 Å². The van der Waals surface area contributed by atoms with Gasteiger partial charge in [-0.1, -0.05) is 52.0 Å². The molecule has 0 aliphatic heterocycles. The van der Waals surface area contributed by atoms with Crippen molar-refractivity contribution in [1.29, 1.82) is 0 Å². The molecule has 0 N–H and O–H groups in total. The molecule has 0 spiro atoms. The Morgan fingerprint density at radius 3 is 2.69 bits per heavy atom. The molecular formula is C10H14BrNO. The molecule has 0 rings (SSSR count). The summed E-state index contributed by atoms with van der Waals surface area (Å²) in [5.74, 6) is 0. The van der Waals surface area contributed by atoms with Crippen molar-refractivity contribution in [3.8, 4) is 0 Å². The van der Waals surface area contributed by atoms with Crippen molar-refractivity contribution in [2.75, 3.05) is 12.4 Å². The second-order valence-electron chi connectivity index (χ2n) is 2.21. The first-order valence-corrected chi connectivity index (χ1v) is 5.04. The van der Waals surface area contributed by atoms with Crippen LogP contribution in [0.15, 0.2) is 41.6 Å². The van der Waals surface area contributed by atoms with Gasteiger partial charge in [-0.25, -0.2) is 0 Å². The smallest absolute Gasteiger partial charge is 0.106 e. The highest BCUT2D eigenvalue weighted by Crippen LogP contribution is 2.04. The molecule has 2 nitrogen and oxygen atoms in total. The van der Waals surface area contributed by atoms with E-state index in [0.29, 0.717) is 5.33 Å². The molecule has 0 saturated heterocycles. The Morgan fingerprint density at radius 2 is 2.31 bits per heavy atom. The van der Waals surface area contributed by atoms with Gasteiger partial charge < -0.3 is 4.84 Å². The first-order chi connectivity index (χ1) is 6.29. The van der Waals surface area contributed by atoms with Crippen LogP contribution < -0.4 is 0 Å². The summed E-state index contributed by atoms with van der Waals surface area (Å²) in [6, 6.07) is 0. The van der Waals surface area contributed by atoms with Crippen molar-refractivity contribution in [2.45, 2.75) is 6.92 Å². The predicted molar refractivity (Wildman–Crippen MR) is 61.3 cm³/mol. The topological polar surface area (TPSA) is 21.6 Å². The van der Waals surface area contributed by atoms with Crippen LogP contribution in [0.25, 0.3) is 0 Å². The lowest BCUT2D eigenvalue weighted by atomic mass is 10.1. The van der Waals surface area contributed by atoms with E-state index in [0.717, 1.165) is 11.3 Å². The van der Waals surface area contributed by atoms with Crippen molar-refractivity contribution in [3.63, 3.8) is 0 Å². The number of hydrogen-bond donors (Lipinski definition) is 0. The SMILES string of the molecule is C=CC(=C\C=C/C)/C(CBr)=N/OC. The highest BCUT2D eigenvalue weighted by molar-refractivity contribution is 9.09. The van der Waals surface area contributed by atoms with Gasteiger partial charge in [-0.2, -0.15) is 0 Å². The maximum absolute atomic E-state index is 4.70. The summed E-state index contributed by atoms with van der Waals surface area (Å²) in [5.41, 5.74) is 1.78. The van der Waals surface area contributed by atoms with E-state index in [1.807, 2.05) is 25.2 Å². The third-order valence-electron chi connectivity index (χ3n) is 1.35. The van der Waals surface area contributed by atoms with Gasteiger partial charge in [0, 0.05) is 5.33 Å². The first-order valence-electron chi connectivity index (χ1n) is 3.91. The zero-order valence-electron chi connectivity index (χ0n) is 7.96. The summed E-state index contributed by atoms with van der Waals surface area (Å²) in [6.45, 7) is 5.66. The van der Waals surface area contributed by atoms with E-state index in [9.17, 15) is 0 Å². The Morgan fingerprint density at radius 1 is 1.62 bits per heavy atom. The van der Waals surface area contributed by atoms with Crippen molar-refractivity contribution < 1.29 is 4.84 Å². The Labute approximate surface area is 87.8 Å². The first kappa shape index (κ1) is 12.2. The lowest BCUT2D eigenvalue weighted by Gasteiger charge is -2.00. The molecular weight excluding hydrogens is 230 g/mol. The summed E-state index contributed by atoms with van der Waals surface area (Å²) in [5, 5.41) is 4.51. The summed E-state index contributed by atoms with van der Waals surface area (Å²) >= 11 is 3.33. The number of rotatable bonds is 5. The Balaban J connectivity index is 4.72. The molecule has 0 aliphatic rings. The van der Waals surface area contributed by atoms with Crippen LogP contribution in [0.3, 0.4) is 0 Å². The van der Waals surface area contributed by atoms with Gasteiger partial charge in [0.15, 0.2) is 0 Å². The zero-order chi connectivity index (χ0) is 10.1. The Hall–Kier alpha value is -0.830. The van der Waals surface area contributed by atoms with Crippen LogP contribution in [0.2, 0.25) is 0 Å². The van der Waals surface area contributed by atoms with E-state index in [4.69, 9.17) is 4.84 Å². The van der Waals surface area contributed by atoms with Crippen LogP contribution in [-0.2, 0) is 4.84 Å². The standard InChI is InChI=1S/C10H14BrNO/c1-4-6-7-9(5-2)10(8-11)12-13-3/h4-7H,2,8H2,1,3H3/b6-4-,9-7+,12-10+. The van der Waals surface area contributed by atoms with Gasteiger partial charge in [0.25, 0.3) is 0 Å². The molecule has 0 fully saturated rings. The number of alkyl halides is 1. The largest absolute Gasteiger partial charge is 0.399 e. The average Bonchev–Trinajstić information content (AvgIpc) is 2.17. The Kier molecular flexibility index (Phi) is 7.30. The molecule has 0 amide bonds. The molecule has 3 heteroatoms. The predicted octanol–water partition coefficient (Wildman–Crippen LogP) is 3.07. The minimum Gasteiger partial charge on any atom is -0.399 e. The van der Waals surface area contributed by atoms with Crippen molar-refractivity contribution in [2.24, 2.45) is 5.16 Å². The zero-order valence-corrected chi connectivity index (χ0v) is 9.54. The average molecular weight is 244 g/mol. The van der Waals surface area contributed by atoms with Gasteiger partial charge in [0.1, 0.15) is 7.11 Å². The van der Waals surface area contributed by atoms with Crippen LogP contribution in [0.4, 0.5) is 0 Å². The lowest BCUT2D eigenvalue weighted by molar-refractivity contribution is 0.213. The number of oxime groups is 1. The van der Waals surface area contributed by atoms with Crippen molar-refractivity contribution in [1.82, 2.24) is 0 Å². The maximum Gasteiger partial charge on any atom is 0.106 e. The van der Waals surface area contributed by atoms with Crippen LogP contribution in [0, 0.1) is 0 Å². The second-order valence-corrected chi connectivity index (χ2v) is 2.77. The van der Waals surface area contributed by atoms with Gasteiger partial charge in [-0.15, -0.1) is 0 Å². The molecule has 13 heavy (non-hydrogen) atoms. The third kappa shape index (κ3) is 4.68. The summed E-state index contributed by atoms with van der Waals surface area (Å²) < 4.78 is 0. The van der Waals surface area contributed by atoms with E-state index in [-0.39, 0.29) is 0 Å². The molecule has 0 unspecified atom stereocenters. The van der Waals surface area contributed by atoms with Crippen molar-refractivity contribution >= 4 is 21.6 Å². The van der Waals surface area contributed by atoms with Crippen molar-refractivity contribution in [3.05, 3.63) is 36.5 Å². The van der Waals surface area contributed by atoms with Crippen LogP contribution in [0.5, 0.6) is 0 Å². The maximum atomic E-state index is 4.70. The fraction of sp³-hybridized carbons (Fsp3) is 0.300. The summed E-state index contributed by atoms with van der Waals surface area (Å²) in [4.78, 5) is 4.70. The monoisotopic (exact) mass is 243 g/mol. The third-order valence-corrected chi connectivity index (χ3v) is 1.88. The van der Waals surface area contributed by atoms with E-state index < -0.39 is 0 Å². The van der Waals surface area contributed by atoms with Gasteiger partial charge in [-0.05, 0) is 12.5 Å². The molecule has 0 radical (unpaired) electrons.